The Kier molecular flexibility index (Phi) is 6.76. The minimum Gasteiger partial charge on any atom is -0.478 e. The van der Waals surface area contributed by atoms with Gasteiger partial charge in [-0.05, 0) is 63.5 Å². The summed E-state index contributed by atoms with van der Waals surface area (Å²) < 4.78 is 69.0. The van der Waals surface area contributed by atoms with Gasteiger partial charge in [-0.1, -0.05) is 29.3 Å². The van der Waals surface area contributed by atoms with Gasteiger partial charge in [-0.25, -0.2) is 14.2 Å². The number of aromatic nitrogens is 2. The number of fused-ring (bicyclic) bond motifs is 3. The number of hydrogen-bond donors (Lipinski definition) is 1. The van der Waals surface area contributed by atoms with Gasteiger partial charge >= 0.3 is 12.1 Å². The zero-order chi connectivity index (χ0) is 28.5. The highest BCUT2D eigenvalue weighted by molar-refractivity contribution is 7.22. The van der Waals surface area contributed by atoms with E-state index in [1.54, 1.807) is 0 Å². The number of carboxylic acid groups (broad SMARTS) is 1. The SMILES string of the molecule is O=C(O)c1cc(F)c2nc(N3C4CCC3CC(OCc3c(C5CCCCC5C(F)(F)F)noc3C3CC3)C4)sc2c1. The number of halogens is 4. The van der Waals surface area contributed by atoms with E-state index in [9.17, 15) is 27.5 Å². The molecule has 220 valence electrons. The third-order valence-electron chi connectivity index (χ3n) is 9.39. The van der Waals surface area contributed by atoms with E-state index < -0.39 is 29.8 Å². The fourth-order valence-electron chi connectivity index (χ4n) is 7.28. The van der Waals surface area contributed by atoms with E-state index in [0.717, 1.165) is 56.6 Å². The Hall–Kier alpha value is -2.73. The molecule has 2 bridgehead atoms. The van der Waals surface area contributed by atoms with Gasteiger partial charge in [0.05, 0.1) is 34.6 Å². The van der Waals surface area contributed by atoms with Crippen molar-refractivity contribution in [1.29, 1.82) is 0 Å². The second-order valence-electron chi connectivity index (χ2n) is 12.0. The van der Waals surface area contributed by atoms with Crippen molar-refractivity contribution in [1.82, 2.24) is 10.1 Å². The molecule has 4 heterocycles. The van der Waals surface area contributed by atoms with Crippen LogP contribution in [0.2, 0.25) is 0 Å². The summed E-state index contributed by atoms with van der Waals surface area (Å²) in [5.74, 6) is -3.02. The maximum atomic E-state index is 14.6. The highest BCUT2D eigenvalue weighted by Gasteiger charge is 2.49. The summed E-state index contributed by atoms with van der Waals surface area (Å²) in [5.41, 5.74) is 1.24. The minimum absolute atomic E-state index is 0.0759. The van der Waals surface area contributed by atoms with Crippen molar-refractivity contribution in [2.75, 3.05) is 4.90 Å². The molecule has 4 fully saturated rings. The fraction of sp³-hybridized carbons (Fsp3) is 0.621. The largest absolute Gasteiger partial charge is 0.478 e. The first-order chi connectivity index (χ1) is 19.7. The standard InChI is InChI=1S/C29H31F4N3O4S/c30-22-9-15(27(37)38)10-23-25(22)34-28(41-23)36-16-7-8-17(36)12-18(11-16)39-13-20-24(35-40-26(20)14-5-6-14)19-3-1-2-4-21(19)29(31,32)33/h9-10,14,16-19,21H,1-8,11-13H2,(H,37,38). The lowest BCUT2D eigenvalue weighted by atomic mass is 9.76. The topological polar surface area (TPSA) is 88.7 Å². The average molecular weight is 594 g/mol. The Morgan fingerprint density at radius 1 is 1.10 bits per heavy atom. The molecule has 41 heavy (non-hydrogen) atoms. The third-order valence-corrected chi connectivity index (χ3v) is 10.4. The zero-order valence-electron chi connectivity index (χ0n) is 22.3. The van der Waals surface area contributed by atoms with Gasteiger partial charge in [0.2, 0.25) is 0 Å². The van der Waals surface area contributed by atoms with Crippen LogP contribution in [-0.2, 0) is 11.3 Å². The van der Waals surface area contributed by atoms with Crippen LogP contribution in [0.1, 0.15) is 103 Å². The van der Waals surface area contributed by atoms with Crippen molar-refractivity contribution in [3.63, 3.8) is 0 Å². The number of alkyl halides is 3. The second kappa shape index (κ2) is 10.2. The van der Waals surface area contributed by atoms with Crippen LogP contribution in [0.5, 0.6) is 0 Å². The molecule has 7 nitrogen and oxygen atoms in total. The van der Waals surface area contributed by atoms with Gasteiger partial charge in [-0.2, -0.15) is 13.2 Å². The lowest BCUT2D eigenvalue weighted by Crippen LogP contribution is -2.45. The highest BCUT2D eigenvalue weighted by Crippen LogP contribution is 2.50. The molecule has 7 rings (SSSR count). The first-order valence-corrected chi connectivity index (χ1v) is 15.3. The number of aromatic carboxylic acids is 1. The Labute approximate surface area is 237 Å². The summed E-state index contributed by atoms with van der Waals surface area (Å²) in [5, 5.41) is 14.2. The van der Waals surface area contributed by atoms with Crippen LogP contribution in [0.3, 0.4) is 0 Å². The molecule has 2 aliphatic carbocycles. The van der Waals surface area contributed by atoms with Crippen molar-refractivity contribution in [2.45, 2.75) is 107 Å². The number of hydrogen-bond acceptors (Lipinski definition) is 7. The van der Waals surface area contributed by atoms with Gasteiger partial charge < -0.3 is 19.3 Å². The predicted octanol–water partition coefficient (Wildman–Crippen LogP) is 7.55. The van der Waals surface area contributed by atoms with Crippen LogP contribution in [0.25, 0.3) is 10.2 Å². The lowest BCUT2D eigenvalue weighted by Gasteiger charge is -2.38. The van der Waals surface area contributed by atoms with Crippen LogP contribution in [0.15, 0.2) is 16.7 Å². The number of ether oxygens (including phenoxy) is 1. The summed E-state index contributed by atoms with van der Waals surface area (Å²) in [6, 6.07) is 2.74. The molecular weight excluding hydrogens is 562 g/mol. The van der Waals surface area contributed by atoms with Crippen LogP contribution in [0.4, 0.5) is 22.7 Å². The van der Waals surface area contributed by atoms with Gasteiger partial charge in [0, 0.05) is 29.5 Å². The van der Waals surface area contributed by atoms with Crippen molar-refractivity contribution >= 4 is 32.7 Å². The van der Waals surface area contributed by atoms with Crippen molar-refractivity contribution in [3.05, 3.63) is 40.5 Å². The summed E-state index contributed by atoms with van der Waals surface area (Å²) in [7, 11) is 0. The first-order valence-electron chi connectivity index (χ1n) is 14.5. The Morgan fingerprint density at radius 2 is 1.83 bits per heavy atom. The van der Waals surface area contributed by atoms with E-state index >= 15 is 0 Å². The van der Waals surface area contributed by atoms with Gasteiger partial charge in [0.15, 0.2) is 10.9 Å². The van der Waals surface area contributed by atoms with Crippen molar-refractivity contribution in [3.8, 4) is 0 Å². The molecule has 2 aromatic heterocycles. The number of carbonyl (C=O) groups is 1. The number of anilines is 1. The van der Waals surface area contributed by atoms with E-state index in [-0.39, 0.29) is 48.2 Å². The van der Waals surface area contributed by atoms with E-state index in [4.69, 9.17) is 9.26 Å². The third kappa shape index (κ3) is 5.00. The molecule has 1 N–H and O–H groups in total. The van der Waals surface area contributed by atoms with Crippen molar-refractivity contribution in [2.24, 2.45) is 5.92 Å². The molecule has 3 aromatic rings. The molecule has 2 saturated carbocycles. The summed E-state index contributed by atoms with van der Waals surface area (Å²) in [6.07, 6.45) is 2.77. The predicted molar refractivity (Wildman–Crippen MR) is 143 cm³/mol. The Balaban J connectivity index is 1.08. The molecule has 0 spiro atoms. The first kappa shape index (κ1) is 27.1. The Bertz CT molecular complexity index is 1450. The van der Waals surface area contributed by atoms with Gasteiger partial charge in [-0.3, -0.25) is 0 Å². The van der Waals surface area contributed by atoms with Crippen molar-refractivity contribution < 1.29 is 36.7 Å². The molecule has 12 heteroatoms. The van der Waals surface area contributed by atoms with Crippen LogP contribution < -0.4 is 4.90 Å². The number of rotatable bonds is 7. The van der Waals surface area contributed by atoms with Crippen LogP contribution >= 0.6 is 11.3 Å². The molecule has 4 unspecified atom stereocenters. The van der Waals surface area contributed by atoms with Crippen LogP contribution in [-0.4, -0.2) is 45.6 Å². The number of nitrogens with zero attached hydrogens (tertiary/aromatic N) is 3. The highest BCUT2D eigenvalue weighted by atomic mass is 32.1. The average Bonchev–Trinajstić information content (AvgIpc) is 3.44. The monoisotopic (exact) mass is 593 g/mol. The Morgan fingerprint density at radius 3 is 2.51 bits per heavy atom. The molecular formula is C29H31F4N3O4S. The van der Waals surface area contributed by atoms with E-state index in [2.05, 4.69) is 15.0 Å². The second-order valence-corrected chi connectivity index (χ2v) is 13.0. The molecule has 4 aliphatic rings. The maximum Gasteiger partial charge on any atom is 0.392 e. The lowest BCUT2D eigenvalue weighted by molar-refractivity contribution is -0.187. The van der Waals surface area contributed by atoms with E-state index in [1.165, 1.54) is 17.4 Å². The van der Waals surface area contributed by atoms with E-state index in [0.29, 0.717) is 34.1 Å². The zero-order valence-corrected chi connectivity index (χ0v) is 23.1. The van der Waals surface area contributed by atoms with Gasteiger partial charge in [0.25, 0.3) is 0 Å². The minimum atomic E-state index is -4.27. The number of carboxylic acids is 1. The quantitative estimate of drug-likeness (QED) is 0.283. The molecule has 1 aromatic carbocycles. The number of benzene rings is 1. The molecule has 0 radical (unpaired) electrons. The molecule has 2 saturated heterocycles. The summed E-state index contributed by atoms with van der Waals surface area (Å²) >= 11 is 1.30. The number of piperidine rings is 1. The molecule has 4 atom stereocenters. The smallest absolute Gasteiger partial charge is 0.392 e. The van der Waals surface area contributed by atoms with E-state index in [1.807, 2.05) is 0 Å². The fourth-order valence-corrected chi connectivity index (χ4v) is 8.44. The van der Waals surface area contributed by atoms with Crippen LogP contribution in [0, 0.1) is 11.7 Å². The summed E-state index contributed by atoms with van der Waals surface area (Å²) in [4.78, 5) is 18.1. The summed E-state index contributed by atoms with van der Waals surface area (Å²) in [6.45, 7) is 0.195. The normalized spacial score (nSPS) is 28.5. The number of thiazole rings is 1. The van der Waals surface area contributed by atoms with Gasteiger partial charge in [0.1, 0.15) is 11.3 Å². The molecule has 2 aliphatic heterocycles. The van der Waals surface area contributed by atoms with Gasteiger partial charge in [-0.15, -0.1) is 0 Å². The maximum absolute atomic E-state index is 14.6. The molecule has 0 amide bonds.